The molecule has 1 N–H and O–H groups in total. The lowest BCUT2D eigenvalue weighted by atomic mass is 10.2. The van der Waals surface area contributed by atoms with Gasteiger partial charge in [0.2, 0.25) is 5.95 Å². The van der Waals surface area contributed by atoms with E-state index in [2.05, 4.69) is 48.2 Å². The number of rotatable bonds is 4. The number of aromatic nitrogens is 3. The molecule has 14 heavy (non-hydrogen) atoms. The minimum atomic E-state index is 0.342. The van der Waals surface area contributed by atoms with Crippen LogP contribution in [0, 0.1) is 0 Å². The van der Waals surface area contributed by atoms with Gasteiger partial charge in [0.1, 0.15) is 0 Å². The second kappa shape index (κ2) is 4.88. The summed E-state index contributed by atoms with van der Waals surface area (Å²) in [7, 11) is 0. The molecule has 0 unspecified atom stereocenters. The number of aryl methyl sites for hydroxylation is 2. The maximum absolute atomic E-state index is 4.42. The minimum absolute atomic E-state index is 0.342. The third-order valence-electron chi connectivity index (χ3n) is 1.93. The Morgan fingerprint density at radius 3 is 2.21 bits per heavy atom. The van der Waals surface area contributed by atoms with Crippen LogP contribution in [0.5, 0.6) is 0 Å². The highest BCUT2D eigenvalue weighted by atomic mass is 15.2. The number of hydrogen-bond acceptors (Lipinski definition) is 4. The molecule has 1 heterocycles. The van der Waals surface area contributed by atoms with Crippen LogP contribution in [-0.2, 0) is 12.8 Å². The lowest BCUT2D eigenvalue weighted by molar-refractivity contribution is 0.795. The third-order valence-corrected chi connectivity index (χ3v) is 1.93. The highest BCUT2D eigenvalue weighted by Crippen LogP contribution is 2.07. The predicted octanol–water partition coefficient (Wildman–Crippen LogP) is 1.82. The Balaban J connectivity index is 2.89. The quantitative estimate of drug-likeness (QED) is 0.794. The summed E-state index contributed by atoms with van der Waals surface area (Å²) < 4.78 is 0. The van der Waals surface area contributed by atoms with Gasteiger partial charge in [0.05, 0.1) is 11.4 Å². The molecule has 4 heteroatoms. The van der Waals surface area contributed by atoms with Gasteiger partial charge >= 0.3 is 0 Å². The maximum Gasteiger partial charge on any atom is 0.243 e. The predicted molar refractivity (Wildman–Crippen MR) is 57.3 cm³/mol. The molecule has 0 atom stereocenters. The monoisotopic (exact) mass is 194 g/mol. The summed E-state index contributed by atoms with van der Waals surface area (Å²) in [5.41, 5.74) is 2.05. The Kier molecular flexibility index (Phi) is 3.80. The maximum atomic E-state index is 4.42. The molecule has 1 aromatic heterocycles. The van der Waals surface area contributed by atoms with E-state index in [0.717, 1.165) is 24.2 Å². The van der Waals surface area contributed by atoms with Gasteiger partial charge in [-0.2, -0.15) is 5.10 Å². The summed E-state index contributed by atoms with van der Waals surface area (Å²) in [5, 5.41) is 11.3. The van der Waals surface area contributed by atoms with E-state index in [-0.39, 0.29) is 0 Å². The van der Waals surface area contributed by atoms with Gasteiger partial charge in [-0.1, -0.05) is 13.8 Å². The van der Waals surface area contributed by atoms with Crippen molar-refractivity contribution in [3.63, 3.8) is 0 Å². The molecule has 0 fully saturated rings. The van der Waals surface area contributed by atoms with Crippen LogP contribution in [0.4, 0.5) is 5.95 Å². The van der Waals surface area contributed by atoms with E-state index < -0.39 is 0 Å². The topological polar surface area (TPSA) is 50.7 Å². The van der Waals surface area contributed by atoms with E-state index in [4.69, 9.17) is 0 Å². The van der Waals surface area contributed by atoms with Crippen LogP contribution in [-0.4, -0.2) is 21.2 Å². The first-order chi connectivity index (χ1) is 6.67. The van der Waals surface area contributed by atoms with Crippen molar-refractivity contribution in [2.24, 2.45) is 0 Å². The molecule has 0 aliphatic carbocycles. The molecule has 1 rings (SSSR count). The van der Waals surface area contributed by atoms with E-state index in [9.17, 15) is 0 Å². The third kappa shape index (κ3) is 2.65. The standard InChI is InChI=1S/C10H18N4/c1-5-8-9(6-2)13-14-10(12-8)11-7(3)4/h7H,5-6H2,1-4H3,(H,11,12,14). The molecule has 78 valence electrons. The second-order valence-corrected chi connectivity index (χ2v) is 3.53. The SMILES string of the molecule is CCc1nnc(NC(C)C)nc1CC. The van der Waals surface area contributed by atoms with Gasteiger partial charge in [0.15, 0.2) is 0 Å². The van der Waals surface area contributed by atoms with Crippen molar-refractivity contribution in [3.05, 3.63) is 11.4 Å². The molecule has 0 aliphatic heterocycles. The van der Waals surface area contributed by atoms with Crippen molar-refractivity contribution in [3.8, 4) is 0 Å². The smallest absolute Gasteiger partial charge is 0.243 e. The summed E-state index contributed by atoms with van der Waals surface area (Å²) in [4.78, 5) is 4.42. The molecule has 1 aromatic rings. The van der Waals surface area contributed by atoms with E-state index >= 15 is 0 Å². The summed E-state index contributed by atoms with van der Waals surface area (Å²) in [5.74, 6) is 0.633. The summed E-state index contributed by atoms with van der Waals surface area (Å²) in [6, 6.07) is 0.342. The lowest BCUT2D eigenvalue weighted by Crippen LogP contribution is -2.15. The Morgan fingerprint density at radius 1 is 1.07 bits per heavy atom. The lowest BCUT2D eigenvalue weighted by Gasteiger charge is -2.09. The van der Waals surface area contributed by atoms with Gasteiger partial charge in [-0.25, -0.2) is 4.98 Å². The Hall–Kier alpha value is -1.19. The Labute approximate surface area is 85.2 Å². The van der Waals surface area contributed by atoms with Gasteiger partial charge in [0, 0.05) is 6.04 Å². The number of nitrogens with zero attached hydrogens (tertiary/aromatic N) is 3. The van der Waals surface area contributed by atoms with Crippen molar-refractivity contribution in [2.45, 2.75) is 46.6 Å². The van der Waals surface area contributed by atoms with Crippen molar-refractivity contribution >= 4 is 5.95 Å². The fourth-order valence-corrected chi connectivity index (χ4v) is 1.26. The highest BCUT2D eigenvalue weighted by molar-refractivity contribution is 5.26. The van der Waals surface area contributed by atoms with Crippen LogP contribution in [0.3, 0.4) is 0 Å². The van der Waals surface area contributed by atoms with Crippen LogP contribution in [0.1, 0.15) is 39.1 Å². The van der Waals surface area contributed by atoms with E-state index in [1.54, 1.807) is 0 Å². The van der Waals surface area contributed by atoms with Crippen molar-refractivity contribution < 1.29 is 0 Å². The zero-order valence-electron chi connectivity index (χ0n) is 9.33. The van der Waals surface area contributed by atoms with Crippen LogP contribution >= 0.6 is 0 Å². The summed E-state index contributed by atoms with van der Waals surface area (Å²) in [6.45, 7) is 8.27. The average Bonchev–Trinajstić information content (AvgIpc) is 2.16. The molecule has 0 radical (unpaired) electrons. The molecule has 0 saturated heterocycles. The Bertz CT molecular complexity index is 296. The van der Waals surface area contributed by atoms with Gasteiger partial charge in [-0.3, -0.25) is 0 Å². The second-order valence-electron chi connectivity index (χ2n) is 3.53. The van der Waals surface area contributed by atoms with Crippen molar-refractivity contribution in [1.82, 2.24) is 15.2 Å². The number of hydrogen-bond donors (Lipinski definition) is 1. The van der Waals surface area contributed by atoms with Gasteiger partial charge in [-0.15, -0.1) is 5.10 Å². The Morgan fingerprint density at radius 2 is 1.71 bits per heavy atom. The molecular formula is C10H18N4. The first kappa shape index (κ1) is 10.9. The van der Waals surface area contributed by atoms with Gasteiger partial charge in [-0.05, 0) is 26.7 Å². The van der Waals surface area contributed by atoms with Crippen LogP contribution in [0.15, 0.2) is 0 Å². The number of nitrogens with one attached hydrogen (secondary N) is 1. The van der Waals surface area contributed by atoms with Crippen LogP contribution in [0.25, 0.3) is 0 Å². The molecule has 0 bridgehead atoms. The minimum Gasteiger partial charge on any atom is -0.351 e. The zero-order valence-corrected chi connectivity index (χ0v) is 9.33. The van der Waals surface area contributed by atoms with Crippen molar-refractivity contribution in [1.29, 1.82) is 0 Å². The normalized spacial score (nSPS) is 10.6. The van der Waals surface area contributed by atoms with Gasteiger partial charge < -0.3 is 5.32 Å². The molecule has 0 spiro atoms. The molecule has 0 amide bonds. The van der Waals surface area contributed by atoms with Crippen LogP contribution < -0.4 is 5.32 Å². The highest BCUT2D eigenvalue weighted by Gasteiger charge is 2.06. The largest absolute Gasteiger partial charge is 0.351 e. The van der Waals surface area contributed by atoms with E-state index in [1.165, 1.54) is 0 Å². The summed E-state index contributed by atoms with van der Waals surface area (Å²) >= 11 is 0. The van der Waals surface area contributed by atoms with Crippen LogP contribution in [0.2, 0.25) is 0 Å². The zero-order chi connectivity index (χ0) is 10.6. The molecule has 0 saturated carbocycles. The molecular weight excluding hydrogens is 176 g/mol. The molecule has 0 aromatic carbocycles. The summed E-state index contributed by atoms with van der Waals surface area (Å²) in [6.07, 6.45) is 1.80. The van der Waals surface area contributed by atoms with Crippen molar-refractivity contribution in [2.75, 3.05) is 5.32 Å². The first-order valence-corrected chi connectivity index (χ1v) is 5.16. The fourth-order valence-electron chi connectivity index (χ4n) is 1.26. The van der Waals surface area contributed by atoms with E-state index in [1.807, 2.05) is 0 Å². The molecule has 4 nitrogen and oxygen atoms in total. The first-order valence-electron chi connectivity index (χ1n) is 5.16. The number of anilines is 1. The van der Waals surface area contributed by atoms with Gasteiger partial charge in [0.25, 0.3) is 0 Å². The fraction of sp³-hybridized carbons (Fsp3) is 0.700. The van der Waals surface area contributed by atoms with E-state index in [0.29, 0.717) is 12.0 Å². The molecule has 0 aliphatic rings. The average molecular weight is 194 g/mol.